The Kier molecular flexibility index (Phi) is 21.0. The molecule has 0 saturated carbocycles. The molecule has 78 heavy (non-hydrogen) atoms. The quantitative estimate of drug-likeness (QED) is 0.0274. The lowest BCUT2D eigenvalue weighted by Crippen LogP contribution is -2.61. The van der Waals surface area contributed by atoms with Crippen LogP contribution in [0.5, 0.6) is 0 Å². The van der Waals surface area contributed by atoms with Gasteiger partial charge in [-0.3, -0.25) is 24.0 Å². The fraction of sp³-hybridized carbons (Fsp3) is 0.344. The number of carbonyl (C=O) groups excluding carboxylic acids is 7. The highest BCUT2D eigenvalue weighted by Gasteiger charge is 2.41. The van der Waals surface area contributed by atoms with E-state index in [9.17, 15) is 24.0 Å². The van der Waals surface area contributed by atoms with Crippen molar-refractivity contribution in [3.05, 3.63) is 198 Å². The zero-order valence-electron chi connectivity index (χ0n) is 45.4. The van der Waals surface area contributed by atoms with E-state index in [0.29, 0.717) is 35.2 Å². The molecule has 0 saturated heterocycles. The lowest BCUT2D eigenvalue weighted by molar-refractivity contribution is -0.145. The maximum absolute atomic E-state index is 15.1. The van der Waals surface area contributed by atoms with Gasteiger partial charge in [0.1, 0.15) is 41.3 Å². The zero-order chi connectivity index (χ0) is 56.2. The molecule has 6 amide bonds. The van der Waals surface area contributed by atoms with Gasteiger partial charge < -0.3 is 45.9 Å². The number of alkyl carbamates (subject to hydrolysis) is 1. The van der Waals surface area contributed by atoms with Crippen LogP contribution in [0.15, 0.2) is 164 Å². The van der Waals surface area contributed by atoms with E-state index in [2.05, 4.69) is 36.9 Å². The molecule has 0 unspecified atom stereocenters. The number of hydrogen-bond donors (Lipinski definition) is 6. The van der Waals surface area contributed by atoms with Gasteiger partial charge in [0.25, 0.3) is 0 Å². The Morgan fingerprint density at radius 1 is 0.577 bits per heavy atom. The molecule has 0 aliphatic heterocycles. The number of benzene rings is 5. The van der Waals surface area contributed by atoms with Crippen LogP contribution in [0, 0.1) is 5.92 Å². The largest absolute Gasteiger partial charge is 0.467 e. The summed E-state index contributed by atoms with van der Waals surface area (Å²) in [6, 6.07) is 39.9. The molecule has 0 aliphatic rings. The Balaban J connectivity index is 1.36. The van der Waals surface area contributed by atoms with Crippen molar-refractivity contribution in [2.24, 2.45) is 13.0 Å². The van der Waals surface area contributed by atoms with Gasteiger partial charge in [0.05, 0.1) is 19.9 Å². The number of amides is 6. The Morgan fingerprint density at radius 3 is 1.54 bits per heavy atom. The molecule has 6 aromatic rings. The molecule has 0 aliphatic carbocycles. The minimum atomic E-state index is -1.66. The highest BCUT2D eigenvalue weighted by atomic mass is 16.6. The lowest BCUT2D eigenvalue weighted by atomic mass is 9.77. The van der Waals surface area contributed by atoms with E-state index in [1.165, 1.54) is 19.6 Å². The average Bonchev–Trinajstić information content (AvgIpc) is 3.89. The number of nitrogens with zero attached hydrogens (tertiary/aromatic N) is 2. The predicted octanol–water partition coefficient (Wildman–Crippen LogP) is 6.39. The van der Waals surface area contributed by atoms with Crippen LogP contribution >= 0.6 is 0 Å². The molecule has 0 radical (unpaired) electrons. The van der Waals surface area contributed by atoms with Crippen molar-refractivity contribution in [3.63, 3.8) is 0 Å². The summed E-state index contributed by atoms with van der Waals surface area (Å²) in [5.74, 6) is -5.03. The molecule has 410 valence electrons. The van der Waals surface area contributed by atoms with E-state index in [1.54, 1.807) is 39.3 Å². The van der Waals surface area contributed by atoms with Gasteiger partial charge in [-0.1, -0.05) is 172 Å². The van der Waals surface area contributed by atoms with Gasteiger partial charge in [-0.25, -0.2) is 14.6 Å². The number of rotatable bonds is 25. The second kappa shape index (κ2) is 28.0. The smallest absolute Gasteiger partial charge is 0.408 e. The summed E-state index contributed by atoms with van der Waals surface area (Å²) in [7, 11) is 2.95. The Labute approximate surface area is 456 Å². The number of esters is 1. The first kappa shape index (κ1) is 58.7. The summed E-state index contributed by atoms with van der Waals surface area (Å²) in [6.07, 6.45) is 2.38. The average molecular weight is 1060 g/mol. The third-order valence-electron chi connectivity index (χ3n) is 13.4. The van der Waals surface area contributed by atoms with E-state index in [1.807, 2.05) is 159 Å². The van der Waals surface area contributed by atoms with Gasteiger partial charge in [-0.15, -0.1) is 0 Å². The van der Waals surface area contributed by atoms with Crippen molar-refractivity contribution in [1.29, 1.82) is 0 Å². The first-order valence-corrected chi connectivity index (χ1v) is 26.2. The third-order valence-corrected chi connectivity index (χ3v) is 13.4. The van der Waals surface area contributed by atoms with E-state index in [4.69, 9.17) is 9.47 Å². The first-order chi connectivity index (χ1) is 37.4. The molecule has 1 heterocycles. The van der Waals surface area contributed by atoms with Gasteiger partial charge in [-0.05, 0) is 67.3 Å². The maximum atomic E-state index is 15.1. The summed E-state index contributed by atoms with van der Waals surface area (Å²) in [5.41, 5.74) is 2.08. The van der Waals surface area contributed by atoms with Crippen LogP contribution in [0.1, 0.15) is 87.4 Å². The molecule has 17 nitrogen and oxygen atoms in total. The lowest BCUT2D eigenvalue weighted by Gasteiger charge is -2.37. The minimum Gasteiger partial charge on any atom is -0.467 e. The van der Waals surface area contributed by atoms with Crippen molar-refractivity contribution in [3.8, 4) is 0 Å². The number of imidazole rings is 1. The zero-order valence-corrected chi connectivity index (χ0v) is 45.4. The molecular formula is C61H72N8O9. The topological polar surface area (TPSA) is 228 Å². The second-order valence-corrected chi connectivity index (χ2v) is 20.3. The normalized spacial score (nSPS) is 13.7. The van der Waals surface area contributed by atoms with Gasteiger partial charge in [0.2, 0.25) is 29.5 Å². The van der Waals surface area contributed by atoms with Crippen LogP contribution in [0.2, 0.25) is 0 Å². The highest BCUT2D eigenvalue weighted by molar-refractivity contribution is 5.98. The number of ether oxygens (including phenoxy) is 2. The van der Waals surface area contributed by atoms with E-state index < -0.39 is 95.3 Å². The van der Waals surface area contributed by atoms with Crippen LogP contribution < -0.4 is 31.9 Å². The van der Waals surface area contributed by atoms with Crippen molar-refractivity contribution in [2.75, 3.05) is 7.11 Å². The molecule has 0 bridgehead atoms. The summed E-state index contributed by atoms with van der Waals surface area (Å²) in [5, 5.41) is 17.2. The number of hydrogen-bond acceptors (Lipinski definition) is 10. The SMILES string of the molecule is CC[C@H](C)[C@@H](NC(=O)[C@H](CC(=O)NC(c1ccccc1)(c1ccccc1)c1ccccc1)NC(=O)[C@H](Cc1cncn1C)NC(=O)OC(C)(C)C)C(=O)N[C@@H](CCc1ccccc1)C(=O)N[C@@H](Cc1ccccc1)C(=O)OC. The third kappa shape index (κ3) is 16.5. The predicted molar refractivity (Wildman–Crippen MR) is 296 cm³/mol. The standard InChI is InChI=1S/C61H72N8O9/c1-8-41(2)53(57(74)63-48(35-34-42-24-14-9-15-25-42)54(71)65-51(58(75)77-7)36-43-26-16-10-17-27-43)67-56(73)50(64-55(72)49(37-47-39-62-40-69(47)6)66-59(76)78-60(3,4)5)38-52(70)68-61(44-28-18-11-19-29-44,45-30-20-12-21-31-45)46-32-22-13-23-33-46/h9-33,39-41,48-51,53H,8,34-38H2,1-7H3,(H,63,74)(H,64,72)(H,65,71)(H,66,76)(H,67,73)(H,68,70)/t41-,48-,49-,50-,51-,53+/m0/s1. The van der Waals surface area contributed by atoms with Gasteiger partial charge >= 0.3 is 12.1 Å². The fourth-order valence-electron chi connectivity index (χ4n) is 9.06. The summed E-state index contributed by atoms with van der Waals surface area (Å²) < 4.78 is 12.3. The van der Waals surface area contributed by atoms with Crippen molar-refractivity contribution in [2.45, 2.75) is 114 Å². The molecule has 5 aromatic carbocycles. The number of aryl methyl sites for hydroxylation is 2. The minimum absolute atomic E-state index is 0.0895. The highest BCUT2D eigenvalue weighted by Crippen LogP contribution is 2.37. The van der Waals surface area contributed by atoms with Gasteiger partial charge in [-0.2, -0.15) is 0 Å². The molecular weight excluding hydrogens is 989 g/mol. The monoisotopic (exact) mass is 1060 g/mol. The number of methoxy groups -OCH3 is 1. The van der Waals surface area contributed by atoms with Crippen LogP contribution in [0.4, 0.5) is 4.79 Å². The van der Waals surface area contributed by atoms with Crippen molar-refractivity contribution >= 4 is 41.6 Å². The summed E-state index contributed by atoms with van der Waals surface area (Å²) in [6.45, 7) is 8.61. The van der Waals surface area contributed by atoms with Gasteiger partial charge in [0, 0.05) is 31.8 Å². The molecule has 6 N–H and O–H groups in total. The van der Waals surface area contributed by atoms with E-state index in [0.717, 1.165) is 11.1 Å². The Hall–Kier alpha value is -8.60. The molecule has 0 fully saturated rings. The Bertz CT molecular complexity index is 2820. The molecule has 17 heteroatoms. The Morgan fingerprint density at radius 2 is 1.05 bits per heavy atom. The molecule has 6 atom stereocenters. The summed E-state index contributed by atoms with van der Waals surface area (Å²) in [4.78, 5) is 105. The van der Waals surface area contributed by atoms with Crippen molar-refractivity contribution < 1.29 is 43.0 Å². The number of aromatic nitrogens is 2. The number of nitrogens with one attached hydrogen (secondary N) is 6. The van der Waals surface area contributed by atoms with Crippen LogP contribution in [0.3, 0.4) is 0 Å². The van der Waals surface area contributed by atoms with Gasteiger partial charge in [0.15, 0.2) is 0 Å². The molecule has 6 rings (SSSR count). The van der Waals surface area contributed by atoms with E-state index >= 15 is 9.59 Å². The van der Waals surface area contributed by atoms with E-state index in [-0.39, 0.29) is 19.3 Å². The van der Waals surface area contributed by atoms with Crippen LogP contribution in [-0.4, -0.2) is 94.1 Å². The number of carbonyl (C=O) groups is 7. The van der Waals surface area contributed by atoms with Crippen LogP contribution in [0.25, 0.3) is 0 Å². The fourth-order valence-corrected chi connectivity index (χ4v) is 9.06. The van der Waals surface area contributed by atoms with Crippen LogP contribution in [-0.2, 0) is 70.1 Å². The maximum Gasteiger partial charge on any atom is 0.408 e. The second-order valence-electron chi connectivity index (χ2n) is 20.3. The molecule has 1 aromatic heterocycles. The first-order valence-electron chi connectivity index (χ1n) is 26.2. The summed E-state index contributed by atoms with van der Waals surface area (Å²) >= 11 is 0. The molecule has 0 spiro atoms. The van der Waals surface area contributed by atoms with Crippen molar-refractivity contribution in [1.82, 2.24) is 41.5 Å².